The lowest BCUT2D eigenvalue weighted by atomic mass is 9.94. The topological polar surface area (TPSA) is 12.0 Å². The molecule has 2 aromatic rings. The minimum Gasteiger partial charge on any atom is -0.319 e. The van der Waals surface area contributed by atoms with Gasteiger partial charge in [0, 0.05) is 9.90 Å². The normalized spacial score (nSPS) is 12.5. The molecule has 19 heavy (non-hydrogen) atoms. The van der Waals surface area contributed by atoms with Crippen molar-refractivity contribution in [3.8, 4) is 0 Å². The molecule has 1 heterocycles. The molecule has 0 aliphatic heterocycles. The van der Waals surface area contributed by atoms with Crippen molar-refractivity contribution in [3.05, 3.63) is 57.2 Å². The average Bonchev–Trinajstić information content (AvgIpc) is 2.92. The Bertz CT molecular complexity index is 481. The van der Waals surface area contributed by atoms with E-state index in [1.807, 2.05) is 30.5 Å². The molecule has 0 bridgehead atoms. The average molecular weight is 294 g/mol. The van der Waals surface area contributed by atoms with Gasteiger partial charge in [-0.1, -0.05) is 35.9 Å². The molecule has 0 aliphatic rings. The monoisotopic (exact) mass is 293 g/mol. The van der Waals surface area contributed by atoms with Crippen molar-refractivity contribution in [3.63, 3.8) is 0 Å². The summed E-state index contributed by atoms with van der Waals surface area (Å²) in [4.78, 5) is 1.47. The molecule has 0 fully saturated rings. The van der Waals surface area contributed by atoms with Crippen LogP contribution in [0.1, 0.15) is 16.9 Å². The molecule has 0 spiro atoms. The predicted octanol–water partition coefficient (Wildman–Crippen LogP) is 4.41. The molecule has 0 saturated heterocycles. The van der Waals surface area contributed by atoms with Crippen molar-refractivity contribution >= 4 is 22.9 Å². The first-order chi connectivity index (χ1) is 9.29. The number of nitrogens with one attached hydrogen (secondary N) is 1. The van der Waals surface area contributed by atoms with Crippen LogP contribution in [0.5, 0.6) is 0 Å². The maximum Gasteiger partial charge on any atom is 0.0438 e. The molecule has 102 valence electrons. The lowest BCUT2D eigenvalue weighted by Crippen LogP contribution is -2.21. The fourth-order valence-electron chi connectivity index (χ4n) is 2.34. The highest BCUT2D eigenvalue weighted by molar-refractivity contribution is 7.09. The summed E-state index contributed by atoms with van der Waals surface area (Å²) in [6.45, 7) is 1.04. The highest BCUT2D eigenvalue weighted by Crippen LogP contribution is 2.22. The van der Waals surface area contributed by atoms with Gasteiger partial charge in [-0.2, -0.15) is 0 Å². The minimum absolute atomic E-state index is 0.631. The summed E-state index contributed by atoms with van der Waals surface area (Å²) in [5.74, 6) is 0.631. The second-order valence-corrected chi connectivity index (χ2v) is 6.28. The molecular formula is C16H20ClNS. The fourth-order valence-corrected chi connectivity index (χ4v) is 3.28. The molecule has 3 heteroatoms. The van der Waals surface area contributed by atoms with Crippen LogP contribution in [0.15, 0.2) is 41.8 Å². The van der Waals surface area contributed by atoms with Gasteiger partial charge in [-0.15, -0.1) is 11.3 Å². The number of hydrogen-bond acceptors (Lipinski definition) is 2. The fraction of sp³-hybridized carbons (Fsp3) is 0.375. The van der Waals surface area contributed by atoms with Crippen LogP contribution in [-0.2, 0) is 12.8 Å². The predicted molar refractivity (Wildman–Crippen MR) is 85.2 cm³/mol. The largest absolute Gasteiger partial charge is 0.319 e. The van der Waals surface area contributed by atoms with Crippen molar-refractivity contribution in [1.29, 1.82) is 0 Å². The summed E-state index contributed by atoms with van der Waals surface area (Å²) in [6, 6.07) is 12.5. The molecule has 1 atom stereocenters. The van der Waals surface area contributed by atoms with Gasteiger partial charge in [-0.25, -0.2) is 0 Å². The number of aryl methyl sites for hydroxylation is 1. The maximum absolute atomic E-state index is 6.25. The van der Waals surface area contributed by atoms with Crippen LogP contribution in [-0.4, -0.2) is 13.6 Å². The maximum atomic E-state index is 6.25. The molecular weight excluding hydrogens is 274 g/mol. The molecule has 0 radical (unpaired) electrons. The first kappa shape index (κ1) is 14.6. The Morgan fingerprint density at radius 1 is 1.21 bits per heavy atom. The standard InChI is InChI=1S/C16H20ClNS/c1-18-12-13(8-9-15-6-4-10-19-15)11-14-5-2-3-7-16(14)17/h2-7,10,13,18H,8-9,11-12H2,1H3. The molecule has 1 aromatic carbocycles. The van der Waals surface area contributed by atoms with Gasteiger partial charge in [-0.05, 0) is 61.8 Å². The van der Waals surface area contributed by atoms with Crippen LogP contribution in [0, 0.1) is 5.92 Å². The van der Waals surface area contributed by atoms with E-state index in [1.165, 1.54) is 16.9 Å². The number of benzene rings is 1. The lowest BCUT2D eigenvalue weighted by molar-refractivity contribution is 0.463. The number of rotatable bonds is 7. The molecule has 1 nitrogen and oxygen atoms in total. The van der Waals surface area contributed by atoms with Crippen LogP contribution in [0.25, 0.3) is 0 Å². The first-order valence-corrected chi connectivity index (χ1v) is 7.95. The van der Waals surface area contributed by atoms with Gasteiger partial charge in [0.1, 0.15) is 0 Å². The van der Waals surface area contributed by atoms with Crippen LogP contribution in [0.2, 0.25) is 5.02 Å². The molecule has 0 aliphatic carbocycles. The van der Waals surface area contributed by atoms with E-state index in [9.17, 15) is 0 Å². The van der Waals surface area contributed by atoms with Crippen LogP contribution in [0.3, 0.4) is 0 Å². The number of hydrogen-bond donors (Lipinski definition) is 1. The van der Waals surface area contributed by atoms with E-state index in [2.05, 4.69) is 35.0 Å². The zero-order chi connectivity index (χ0) is 13.5. The SMILES string of the molecule is CNCC(CCc1cccs1)Cc1ccccc1Cl. The van der Waals surface area contributed by atoms with E-state index in [0.717, 1.165) is 24.4 Å². The summed E-state index contributed by atoms with van der Waals surface area (Å²) in [6.07, 6.45) is 3.41. The van der Waals surface area contributed by atoms with Crippen LogP contribution < -0.4 is 5.32 Å². The van der Waals surface area contributed by atoms with Crippen molar-refractivity contribution in [2.24, 2.45) is 5.92 Å². The summed E-state index contributed by atoms with van der Waals surface area (Å²) in [5, 5.41) is 6.34. The molecule has 0 saturated carbocycles. The third-order valence-electron chi connectivity index (χ3n) is 3.34. The quantitative estimate of drug-likeness (QED) is 0.797. The summed E-state index contributed by atoms with van der Waals surface area (Å²) >= 11 is 8.10. The van der Waals surface area contributed by atoms with E-state index >= 15 is 0 Å². The van der Waals surface area contributed by atoms with Gasteiger partial charge in [0.2, 0.25) is 0 Å². The Hall–Kier alpha value is -0.830. The molecule has 1 unspecified atom stereocenters. The van der Waals surface area contributed by atoms with Crippen LogP contribution in [0.4, 0.5) is 0 Å². The zero-order valence-corrected chi connectivity index (χ0v) is 12.8. The lowest BCUT2D eigenvalue weighted by Gasteiger charge is -2.17. The third-order valence-corrected chi connectivity index (χ3v) is 4.64. The van der Waals surface area contributed by atoms with Gasteiger partial charge in [0.25, 0.3) is 0 Å². The Balaban J connectivity index is 1.94. The first-order valence-electron chi connectivity index (χ1n) is 6.70. The van der Waals surface area contributed by atoms with Crippen molar-refractivity contribution < 1.29 is 0 Å². The number of halogens is 1. The Morgan fingerprint density at radius 2 is 2.05 bits per heavy atom. The Morgan fingerprint density at radius 3 is 2.74 bits per heavy atom. The highest BCUT2D eigenvalue weighted by atomic mass is 35.5. The van der Waals surface area contributed by atoms with E-state index in [0.29, 0.717) is 5.92 Å². The van der Waals surface area contributed by atoms with Crippen LogP contribution >= 0.6 is 22.9 Å². The Labute approximate surface area is 124 Å². The third kappa shape index (κ3) is 4.64. The molecule has 2 rings (SSSR count). The van der Waals surface area contributed by atoms with Gasteiger partial charge < -0.3 is 5.32 Å². The summed E-state index contributed by atoms with van der Waals surface area (Å²) in [7, 11) is 2.02. The van der Waals surface area contributed by atoms with Crippen molar-refractivity contribution in [2.75, 3.05) is 13.6 Å². The molecule has 0 amide bonds. The van der Waals surface area contributed by atoms with E-state index in [-0.39, 0.29) is 0 Å². The van der Waals surface area contributed by atoms with Gasteiger partial charge in [-0.3, -0.25) is 0 Å². The summed E-state index contributed by atoms with van der Waals surface area (Å²) in [5.41, 5.74) is 1.26. The van der Waals surface area contributed by atoms with Gasteiger partial charge >= 0.3 is 0 Å². The second-order valence-electron chi connectivity index (χ2n) is 4.84. The van der Waals surface area contributed by atoms with Crippen molar-refractivity contribution in [1.82, 2.24) is 5.32 Å². The smallest absolute Gasteiger partial charge is 0.0438 e. The van der Waals surface area contributed by atoms with Gasteiger partial charge in [0.05, 0.1) is 0 Å². The van der Waals surface area contributed by atoms with E-state index in [1.54, 1.807) is 0 Å². The Kier molecular flexibility index (Phi) is 5.90. The molecule has 1 aromatic heterocycles. The zero-order valence-electron chi connectivity index (χ0n) is 11.2. The van der Waals surface area contributed by atoms with E-state index in [4.69, 9.17) is 11.6 Å². The highest BCUT2D eigenvalue weighted by Gasteiger charge is 2.11. The van der Waals surface area contributed by atoms with Gasteiger partial charge in [0.15, 0.2) is 0 Å². The minimum atomic E-state index is 0.631. The molecule has 1 N–H and O–H groups in total. The van der Waals surface area contributed by atoms with Crippen molar-refractivity contribution in [2.45, 2.75) is 19.3 Å². The summed E-state index contributed by atoms with van der Waals surface area (Å²) < 4.78 is 0. The second kappa shape index (κ2) is 7.68. The van der Waals surface area contributed by atoms with E-state index < -0.39 is 0 Å². The number of thiophene rings is 1.